The standard InChI is InChI=1S/C18H20N2O2/c21-14-16-8-6-15(7-9-16)12-20-11-10-19(13-18(20)22)17-4-2-1-3-5-17/h1-9,21H,10-14H2. The van der Waals surface area contributed by atoms with Crippen LogP contribution < -0.4 is 4.90 Å². The van der Waals surface area contributed by atoms with Crippen LogP contribution in [0.3, 0.4) is 0 Å². The zero-order chi connectivity index (χ0) is 15.4. The molecule has 1 heterocycles. The predicted octanol–water partition coefficient (Wildman–Crippen LogP) is 2.03. The van der Waals surface area contributed by atoms with E-state index in [9.17, 15) is 4.79 Å². The lowest BCUT2D eigenvalue weighted by Crippen LogP contribution is -2.49. The first-order valence-electron chi connectivity index (χ1n) is 7.53. The Morgan fingerprint density at radius 1 is 0.909 bits per heavy atom. The van der Waals surface area contributed by atoms with Crippen molar-refractivity contribution in [3.8, 4) is 0 Å². The smallest absolute Gasteiger partial charge is 0.242 e. The van der Waals surface area contributed by atoms with E-state index in [1.165, 1.54) is 0 Å². The van der Waals surface area contributed by atoms with E-state index in [2.05, 4.69) is 4.90 Å². The van der Waals surface area contributed by atoms with Crippen molar-refractivity contribution in [3.05, 3.63) is 65.7 Å². The van der Waals surface area contributed by atoms with Crippen molar-refractivity contribution < 1.29 is 9.90 Å². The lowest BCUT2D eigenvalue weighted by Gasteiger charge is -2.35. The lowest BCUT2D eigenvalue weighted by molar-refractivity contribution is -0.131. The van der Waals surface area contributed by atoms with Crippen LogP contribution in [0.4, 0.5) is 5.69 Å². The van der Waals surface area contributed by atoms with Crippen LogP contribution in [0.1, 0.15) is 11.1 Å². The van der Waals surface area contributed by atoms with Crippen LogP contribution in [0.15, 0.2) is 54.6 Å². The quantitative estimate of drug-likeness (QED) is 0.939. The van der Waals surface area contributed by atoms with E-state index in [0.29, 0.717) is 13.1 Å². The summed E-state index contributed by atoms with van der Waals surface area (Å²) in [6, 6.07) is 17.8. The van der Waals surface area contributed by atoms with E-state index in [1.807, 2.05) is 59.5 Å². The summed E-state index contributed by atoms with van der Waals surface area (Å²) in [6.07, 6.45) is 0. The zero-order valence-electron chi connectivity index (χ0n) is 12.5. The number of para-hydroxylation sites is 1. The largest absolute Gasteiger partial charge is 0.392 e. The maximum absolute atomic E-state index is 12.3. The summed E-state index contributed by atoms with van der Waals surface area (Å²) in [5.74, 6) is 0.154. The minimum atomic E-state index is 0.0506. The number of piperazine rings is 1. The number of anilines is 1. The monoisotopic (exact) mass is 296 g/mol. The molecule has 0 unspecified atom stereocenters. The van der Waals surface area contributed by atoms with E-state index < -0.39 is 0 Å². The maximum Gasteiger partial charge on any atom is 0.242 e. The van der Waals surface area contributed by atoms with E-state index in [1.54, 1.807) is 0 Å². The van der Waals surface area contributed by atoms with Gasteiger partial charge in [0.2, 0.25) is 5.91 Å². The van der Waals surface area contributed by atoms with Gasteiger partial charge in [-0.15, -0.1) is 0 Å². The number of rotatable bonds is 4. The van der Waals surface area contributed by atoms with Gasteiger partial charge < -0.3 is 14.9 Å². The van der Waals surface area contributed by atoms with Crippen LogP contribution in [-0.4, -0.2) is 35.5 Å². The van der Waals surface area contributed by atoms with Gasteiger partial charge in [-0.1, -0.05) is 42.5 Å². The summed E-state index contributed by atoms with van der Waals surface area (Å²) in [5, 5.41) is 9.06. The van der Waals surface area contributed by atoms with Gasteiger partial charge in [-0.05, 0) is 23.3 Å². The third kappa shape index (κ3) is 3.28. The number of nitrogens with zero attached hydrogens (tertiary/aromatic N) is 2. The molecule has 2 aromatic carbocycles. The molecule has 1 aliphatic rings. The molecule has 0 saturated carbocycles. The Morgan fingerprint density at radius 2 is 1.59 bits per heavy atom. The van der Waals surface area contributed by atoms with Crippen molar-refractivity contribution in [2.75, 3.05) is 24.5 Å². The van der Waals surface area contributed by atoms with E-state index in [-0.39, 0.29) is 12.5 Å². The van der Waals surface area contributed by atoms with Gasteiger partial charge in [0.05, 0.1) is 13.2 Å². The fourth-order valence-corrected chi connectivity index (χ4v) is 2.71. The van der Waals surface area contributed by atoms with Crippen LogP contribution in [0.5, 0.6) is 0 Å². The minimum Gasteiger partial charge on any atom is -0.392 e. The summed E-state index contributed by atoms with van der Waals surface area (Å²) >= 11 is 0. The molecule has 22 heavy (non-hydrogen) atoms. The third-order valence-corrected chi connectivity index (χ3v) is 4.02. The number of carbonyl (C=O) groups excluding carboxylic acids is 1. The van der Waals surface area contributed by atoms with Gasteiger partial charge in [0.25, 0.3) is 0 Å². The Hall–Kier alpha value is -2.33. The Balaban J connectivity index is 1.62. The van der Waals surface area contributed by atoms with Crippen molar-refractivity contribution in [3.63, 3.8) is 0 Å². The molecule has 4 nitrogen and oxygen atoms in total. The fraction of sp³-hybridized carbons (Fsp3) is 0.278. The van der Waals surface area contributed by atoms with Crippen molar-refractivity contribution in [2.24, 2.45) is 0 Å². The molecule has 0 atom stereocenters. The minimum absolute atomic E-state index is 0.0506. The van der Waals surface area contributed by atoms with Gasteiger partial charge in [0, 0.05) is 25.3 Å². The van der Waals surface area contributed by atoms with Gasteiger partial charge in [-0.2, -0.15) is 0 Å². The number of aliphatic hydroxyl groups excluding tert-OH is 1. The third-order valence-electron chi connectivity index (χ3n) is 4.02. The second-order valence-electron chi connectivity index (χ2n) is 5.55. The van der Waals surface area contributed by atoms with Gasteiger partial charge in [0.1, 0.15) is 0 Å². The Labute approximate surface area is 130 Å². The van der Waals surface area contributed by atoms with Crippen LogP contribution in [0, 0.1) is 0 Å². The highest BCUT2D eigenvalue weighted by atomic mass is 16.3. The molecule has 1 fully saturated rings. The van der Waals surface area contributed by atoms with Crippen LogP contribution >= 0.6 is 0 Å². The lowest BCUT2D eigenvalue weighted by atomic mass is 10.1. The molecular formula is C18H20N2O2. The topological polar surface area (TPSA) is 43.8 Å². The molecule has 3 rings (SSSR count). The molecule has 0 radical (unpaired) electrons. The van der Waals surface area contributed by atoms with E-state index in [0.717, 1.165) is 29.9 Å². The molecule has 0 aliphatic carbocycles. The van der Waals surface area contributed by atoms with Gasteiger partial charge >= 0.3 is 0 Å². The van der Waals surface area contributed by atoms with Crippen molar-refractivity contribution in [2.45, 2.75) is 13.2 Å². The highest BCUT2D eigenvalue weighted by molar-refractivity contribution is 5.82. The number of benzene rings is 2. The summed E-state index contributed by atoms with van der Waals surface area (Å²) < 4.78 is 0. The molecule has 1 amide bonds. The first-order valence-corrected chi connectivity index (χ1v) is 7.53. The SMILES string of the molecule is O=C1CN(c2ccccc2)CCN1Cc1ccc(CO)cc1. The second kappa shape index (κ2) is 6.62. The van der Waals surface area contributed by atoms with Crippen LogP contribution in [-0.2, 0) is 17.9 Å². The number of hydrogen-bond acceptors (Lipinski definition) is 3. The van der Waals surface area contributed by atoms with E-state index in [4.69, 9.17) is 5.11 Å². The summed E-state index contributed by atoms with van der Waals surface area (Å²) in [7, 11) is 0. The van der Waals surface area contributed by atoms with Gasteiger partial charge in [-0.25, -0.2) is 0 Å². The zero-order valence-corrected chi connectivity index (χ0v) is 12.5. The number of hydrogen-bond donors (Lipinski definition) is 1. The number of carbonyl (C=O) groups is 1. The highest BCUT2D eigenvalue weighted by Crippen LogP contribution is 2.17. The average molecular weight is 296 g/mol. The number of amides is 1. The van der Waals surface area contributed by atoms with Gasteiger partial charge in [0.15, 0.2) is 0 Å². The van der Waals surface area contributed by atoms with Crippen LogP contribution in [0.2, 0.25) is 0 Å². The molecule has 0 bridgehead atoms. The normalized spacial score (nSPS) is 15.2. The highest BCUT2D eigenvalue weighted by Gasteiger charge is 2.23. The Morgan fingerprint density at radius 3 is 2.23 bits per heavy atom. The van der Waals surface area contributed by atoms with Crippen molar-refractivity contribution in [1.29, 1.82) is 0 Å². The molecular weight excluding hydrogens is 276 g/mol. The fourth-order valence-electron chi connectivity index (χ4n) is 2.71. The average Bonchev–Trinajstić information content (AvgIpc) is 2.58. The molecule has 1 N–H and O–H groups in total. The second-order valence-corrected chi connectivity index (χ2v) is 5.55. The number of aliphatic hydroxyl groups is 1. The first kappa shape index (κ1) is 14.6. The molecule has 0 spiro atoms. The summed E-state index contributed by atoms with van der Waals surface area (Å²) in [5.41, 5.74) is 3.09. The predicted molar refractivity (Wildman–Crippen MR) is 86.4 cm³/mol. The first-order chi connectivity index (χ1) is 10.8. The Bertz CT molecular complexity index is 625. The summed E-state index contributed by atoms with van der Waals surface area (Å²) in [6.45, 7) is 2.70. The Kier molecular flexibility index (Phi) is 4.39. The molecule has 4 heteroatoms. The molecule has 1 saturated heterocycles. The van der Waals surface area contributed by atoms with Crippen LogP contribution in [0.25, 0.3) is 0 Å². The summed E-state index contributed by atoms with van der Waals surface area (Å²) in [4.78, 5) is 16.4. The van der Waals surface area contributed by atoms with Gasteiger partial charge in [-0.3, -0.25) is 4.79 Å². The molecule has 2 aromatic rings. The van der Waals surface area contributed by atoms with Crippen molar-refractivity contribution in [1.82, 2.24) is 4.90 Å². The molecule has 1 aliphatic heterocycles. The maximum atomic E-state index is 12.3. The van der Waals surface area contributed by atoms with Crippen molar-refractivity contribution >= 4 is 11.6 Å². The molecule has 0 aromatic heterocycles. The molecule has 114 valence electrons. The van der Waals surface area contributed by atoms with E-state index >= 15 is 0 Å².